The summed E-state index contributed by atoms with van der Waals surface area (Å²) in [6, 6.07) is 6.59. The van der Waals surface area contributed by atoms with Crippen LogP contribution in [-0.4, -0.2) is 48.8 Å². The van der Waals surface area contributed by atoms with Crippen molar-refractivity contribution in [3.05, 3.63) is 45.4 Å². The Morgan fingerprint density at radius 3 is 2.52 bits per heavy atom. The van der Waals surface area contributed by atoms with Crippen molar-refractivity contribution in [1.29, 1.82) is 0 Å². The van der Waals surface area contributed by atoms with Crippen molar-refractivity contribution in [2.75, 3.05) is 26.2 Å². The molecule has 1 fully saturated rings. The second-order valence-corrected chi connectivity index (χ2v) is 8.84. The predicted octanol–water partition coefficient (Wildman–Crippen LogP) is 2.61. The summed E-state index contributed by atoms with van der Waals surface area (Å²) in [4.78, 5) is 6.87. The molecule has 8 heteroatoms. The van der Waals surface area contributed by atoms with Gasteiger partial charge in [-0.15, -0.1) is 11.3 Å². The molecule has 1 aliphatic heterocycles. The number of nitrogens with zero attached hydrogens (tertiary/aromatic N) is 3. The normalized spacial score (nSPS) is 17.5. The van der Waals surface area contributed by atoms with Crippen LogP contribution >= 0.6 is 22.9 Å². The molecule has 2 aromatic rings. The molecule has 3 rings (SSSR count). The Morgan fingerprint density at radius 1 is 1.22 bits per heavy atom. The van der Waals surface area contributed by atoms with E-state index in [1.807, 2.05) is 6.92 Å². The summed E-state index contributed by atoms with van der Waals surface area (Å²) < 4.78 is 26.9. The van der Waals surface area contributed by atoms with Crippen molar-refractivity contribution in [3.8, 4) is 0 Å². The topological polar surface area (TPSA) is 53.5 Å². The van der Waals surface area contributed by atoms with Gasteiger partial charge in [-0.3, -0.25) is 4.90 Å². The minimum Gasteiger partial charge on any atom is -0.295 e. The number of rotatable bonds is 4. The van der Waals surface area contributed by atoms with Crippen LogP contribution < -0.4 is 0 Å². The molecule has 0 saturated carbocycles. The lowest BCUT2D eigenvalue weighted by Gasteiger charge is -2.33. The number of hydrogen-bond donors (Lipinski definition) is 0. The first kappa shape index (κ1) is 16.9. The molecule has 0 bridgehead atoms. The van der Waals surface area contributed by atoms with Gasteiger partial charge in [0.2, 0.25) is 10.0 Å². The summed E-state index contributed by atoms with van der Waals surface area (Å²) in [6.45, 7) is 5.08. The number of aryl methyl sites for hydroxylation is 1. The maximum absolute atomic E-state index is 12.7. The summed E-state index contributed by atoms with van der Waals surface area (Å²) in [5, 5.41) is 3.38. The minimum absolute atomic E-state index is 0.185. The fraction of sp³-hybridized carbons (Fsp3) is 0.400. The summed E-state index contributed by atoms with van der Waals surface area (Å²) >= 11 is 7.68. The largest absolute Gasteiger partial charge is 0.295 e. The Hall–Kier alpha value is -0.990. The molecule has 0 amide bonds. The van der Waals surface area contributed by atoms with E-state index in [-0.39, 0.29) is 9.92 Å². The maximum Gasteiger partial charge on any atom is 0.244 e. The monoisotopic (exact) mass is 371 g/mol. The van der Waals surface area contributed by atoms with Gasteiger partial charge in [0.1, 0.15) is 4.90 Å². The molecule has 2 heterocycles. The summed E-state index contributed by atoms with van der Waals surface area (Å²) in [5.74, 6) is 0. The molecule has 124 valence electrons. The molecule has 1 aliphatic rings. The van der Waals surface area contributed by atoms with Gasteiger partial charge in [0.15, 0.2) is 0 Å². The summed E-state index contributed by atoms with van der Waals surface area (Å²) in [6.07, 6.45) is 0. The molecule has 5 nitrogen and oxygen atoms in total. The van der Waals surface area contributed by atoms with Gasteiger partial charge >= 0.3 is 0 Å². The fourth-order valence-electron chi connectivity index (χ4n) is 2.63. The van der Waals surface area contributed by atoms with E-state index in [1.165, 1.54) is 4.31 Å². The number of thiazole rings is 1. The average Bonchev–Trinajstić information content (AvgIpc) is 2.93. The highest BCUT2D eigenvalue weighted by molar-refractivity contribution is 7.89. The first-order valence-corrected chi connectivity index (χ1v) is 10.0. The van der Waals surface area contributed by atoms with Crippen molar-refractivity contribution in [2.24, 2.45) is 0 Å². The van der Waals surface area contributed by atoms with Crippen molar-refractivity contribution in [3.63, 3.8) is 0 Å². The number of hydrogen-bond acceptors (Lipinski definition) is 5. The zero-order valence-electron chi connectivity index (χ0n) is 12.8. The Bertz CT molecular complexity index is 784. The molecule has 0 N–H and O–H groups in total. The zero-order chi connectivity index (χ0) is 16.4. The number of benzene rings is 1. The predicted molar refractivity (Wildman–Crippen MR) is 92.3 cm³/mol. The second-order valence-electron chi connectivity index (χ2n) is 5.47. The molecule has 1 saturated heterocycles. The smallest absolute Gasteiger partial charge is 0.244 e. The van der Waals surface area contributed by atoms with Crippen LogP contribution in [0.1, 0.15) is 10.7 Å². The lowest BCUT2D eigenvalue weighted by Crippen LogP contribution is -2.48. The van der Waals surface area contributed by atoms with Crippen LogP contribution in [0.2, 0.25) is 5.02 Å². The molecule has 0 radical (unpaired) electrons. The highest BCUT2D eigenvalue weighted by Crippen LogP contribution is 2.25. The van der Waals surface area contributed by atoms with Crippen LogP contribution in [0.3, 0.4) is 0 Å². The first-order chi connectivity index (χ1) is 11.0. The van der Waals surface area contributed by atoms with E-state index in [1.54, 1.807) is 35.6 Å². The van der Waals surface area contributed by atoms with Gasteiger partial charge in [-0.25, -0.2) is 13.4 Å². The van der Waals surface area contributed by atoms with Crippen molar-refractivity contribution < 1.29 is 8.42 Å². The molecule has 0 aliphatic carbocycles. The van der Waals surface area contributed by atoms with E-state index < -0.39 is 10.0 Å². The van der Waals surface area contributed by atoms with Gasteiger partial charge in [0.05, 0.1) is 15.7 Å². The van der Waals surface area contributed by atoms with Gasteiger partial charge in [0.25, 0.3) is 0 Å². The quantitative estimate of drug-likeness (QED) is 0.829. The van der Waals surface area contributed by atoms with Crippen LogP contribution in [-0.2, 0) is 16.6 Å². The summed E-state index contributed by atoms with van der Waals surface area (Å²) in [5.41, 5.74) is 1.05. The Balaban J connectivity index is 1.65. The highest BCUT2D eigenvalue weighted by Gasteiger charge is 2.29. The molecule has 0 unspecified atom stereocenters. The van der Waals surface area contributed by atoms with E-state index in [9.17, 15) is 8.42 Å². The third-order valence-corrected chi connectivity index (χ3v) is 7.06. The SMILES string of the molecule is Cc1nc(CN2CCN(S(=O)(=O)c3ccccc3Cl)CC2)cs1. The molecule has 23 heavy (non-hydrogen) atoms. The van der Waals surface area contributed by atoms with Crippen molar-refractivity contribution in [1.82, 2.24) is 14.2 Å². The Labute approximate surface area is 145 Å². The van der Waals surface area contributed by atoms with Gasteiger partial charge in [0, 0.05) is 38.1 Å². The van der Waals surface area contributed by atoms with Crippen molar-refractivity contribution >= 4 is 33.0 Å². The fourth-order valence-corrected chi connectivity index (χ4v) is 5.15. The lowest BCUT2D eigenvalue weighted by atomic mass is 10.3. The molecule has 0 spiro atoms. The minimum atomic E-state index is -3.52. The van der Waals surface area contributed by atoms with Crippen LogP contribution in [0.15, 0.2) is 34.5 Å². The molecule has 1 aromatic carbocycles. The second kappa shape index (κ2) is 6.86. The highest BCUT2D eigenvalue weighted by atomic mass is 35.5. The average molecular weight is 372 g/mol. The standard InChI is InChI=1S/C15H18ClN3O2S2/c1-12-17-13(11-22-12)10-18-6-8-19(9-7-18)23(20,21)15-5-3-2-4-14(15)16/h2-5,11H,6-10H2,1H3. The first-order valence-electron chi connectivity index (χ1n) is 7.35. The number of piperazine rings is 1. The van der Waals surface area contributed by atoms with E-state index in [2.05, 4.69) is 15.3 Å². The van der Waals surface area contributed by atoms with Crippen LogP contribution in [0, 0.1) is 6.92 Å². The van der Waals surface area contributed by atoms with E-state index in [0.717, 1.165) is 17.2 Å². The van der Waals surface area contributed by atoms with E-state index >= 15 is 0 Å². The maximum atomic E-state index is 12.7. The van der Waals surface area contributed by atoms with Gasteiger partial charge in [-0.2, -0.15) is 4.31 Å². The van der Waals surface area contributed by atoms with Crippen LogP contribution in [0.25, 0.3) is 0 Å². The van der Waals surface area contributed by atoms with Crippen LogP contribution in [0.4, 0.5) is 0 Å². The third-order valence-electron chi connectivity index (χ3n) is 3.84. The number of aromatic nitrogens is 1. The van der Waals surface area contributed by atoms with Gasteiger partial charge in [-0.05, 0) is 19.1 Å². The molecule has 1 aromatic heterocycles. The number of halogens is 1. The van der Waals surface area contributed by atoms with E-state index in [4.69, 9.17) is 11.6 Å². The summed E-state index contributed by atoms with van der Waals surface area (Å²) in [7, 11) is -3.52. The van der Waals surface area contributed by atoms with Gasteiger partial charge in [-0.1, -0.05) is 23.7 Å². The molecular weight excluding hydrogens is 354 g/mol. The Morgan fingerprint density at radius 2 is 1.91 bits per heavy atom. The van der Waals surface area contributed by atoms with Crippen molar-refractivity contribution in [2.45, 2.75) is 18.4 Å². The van der Waals surface area contributed by atoms with E-state index in [0.29, 0.717) is 26.2 Å². The molecule has 0 atom stereocenters. The Kier molecular flexibility index (Phi) is 5.03. The third kappa shape index (κ3) is 3.75. The van der Waals surface area contributed by atoms with Gasteiger partial charge < -0.3 is 0 Å². The zero-order valence-corrected chi connectivity index (χ0v) is 15.2. The lowest BCUT2D eigenvalue weighted by molar-refractivity contribution is 0.180. The number of sulfonamides is 1. The molecular formula is C15H18ClN3O2S2. The van der Waals surface area contributed by atoms with Crippen LogP contribution in [0.5, 0.6) is 0 Å².